The van der Waals surface area contributed by atoms with Crippen LogP contribution in [0.15, 0.2) is 61.7 Å². The maximum atomic E-state index is 11.3. The number of hydrogen-bond acceptors (Lipinski definition) is 2. The van der Waals surface area contributed by atoms with Crippen molar-refractivity contribution >= 4 is 17.2 Å². The van der Waals surface area contributed by atoms with Gasteiger partial charge in [0, 0.05) is 5.41 Å². The van der Waals surface area contributed by atoms with Gasteiger partial charge in [-0.15, -0.1) is 0 Å². The number of hydrogen-bond donors (Lipinski definition) is 2. The molecule has 2 atom stereocenters. The highest BCUT2D eigenvalue weighted by Crippen LogP contribution is 2.33. The summed E-state index contributed by atoms with van der Waals surface area (Å²) in [5.74, 6) is 0.686. The quantitative estimate of drug-likeness (QED) is 0.567. The Morgan fingerprint density at radius 2 is 1.41 bits per heavy atom. The molecule has 2 rings (SSSR count). The molecule has 29 heavy (non-hydrogen) atoms. The van der Waals surface area contributed by atoms with Crippen LogP contribution < -0.4 is 10.1 Å². The molecule has 2 aromatic carbocycles. The number of nitrogens with one attached hydrogen (secondary N) is 1. The second-order valence-corrected chi connectivity index (χ2v) is 8.16. The molecule has 4 nitrogen and oxygen atoms in total. The van der Waals surface area contributed by atoms with E-state index in [1.165, 1.54) is 0 Å². The van der Waals surface area contributed by atoms with Crippen molar-refractivity contribution in [3.8, 4) is 5.75 Å². The molecule has 1 amide bonds. The first-order chi connectivity index (χ1) is 13.5. The molecule has 0 saturated carbocycles. The molecule has 0 aliphatic carbocycles. The Kier molecular flexibility index (Phi) is 6.91. The van der Waals surface area contributed by atoms with E-state index in [2.05, 4.69) is 44.5 Å². The van der Waals surface area contributed by atoms with Crippen molar-refractivity contribution in [1.29, 1.82) is 0 Å². The lowest BCUT2D eigenvalue weighted by molar-refractivity contribution is 0.0884. The van der Waals surface area contributed by atoms with Gasteiger partial charge in [0.15, 0.2) is 0 Å². The number of carbonyl (C=O) groups is 1. The zero-order valence-electron chi connectivity index (χ0n) is 18.0. The van der Waals surface area contributed by atoms with Crippen molar-refractivity contribution in [3.63, 3.8) is 0 Å². The van der Waals surface area contributed by atoms with Crippen molar-refractivity contribution in [1.82, 2.24) is 5.32 Å². The van der Waals surface area contributed by atoms with Crippen LogP contribution in [0.25, 0.3) is 11.1 Å². The summed E-state index contributed by atoms with van der Waals surface area (Å²) in [7, 11) is 0. The first-order valence-electron chi connectivity index (χ1n) is 9.71. The zero-order valence-corrected chi connectivity index (χ0v) is 18.0. The fourth-order valence-electron chi connectivity index (χ4n) is 3.46. The summed E-state index contributed by atoms with van der Waals surface area (Å²) in [5.41, 5.74) is 4.70. The van der Waals surface area contributed by atoms with E-state index in [0.717, 1.165) is 27.8 Å². The standard InChI is InChI=1S/C25H31NO3/c1-16(2)19-8-12-21(13-9-19)25(6,7)23(18(5)26-24(27)28)29-22-14-10-20(11-15-22)17(3)4/h8-15,18,23,26H,1,3H2,2,4-7H3,(H,27,28). The van der Waals surface area contributed by atoms with Crippen LogP contribution >= 0.6 is 0 Å². The number of benzene rings is 2. The molecule has 0 aliphatic rings. The van der Waals surface area contributed by atoms with Crippen molar-refractivity contribution in [2.75, 3.05) is 0 Å². The number of rotatable bonds is 8. The lowest BCUT2D eigenvalue weighted by atomic mass is 9.76. The molecule has 4 heteroatoms. The number of carboxylic acid groups (broad SMARTS) is 1. The van der Waals surface area contributed by atoms with E-state index in [4.69, 9.17) is 4.74 Å². The Hall–Kier alpha value is -3.01. The second kappa shape index (κ2) is 8.99. The fourth-order valence-corrected chi connectivity index (χ4v) is 3.46. The van der Waals surface area contributed by atoms with Crippen LogP contribution in [0.3, 0.4) is 0 Å². The van der Waals surface area contributed by atoms with E-state index in [-0.39, 0.29) is 0 Å². The van der Waals surface area contributed by atoms with Crippen LogP contribution in [0, 0.1) is 0 Å². The van der Waals surface area contributed by atoms with Gasteiger partial charge in [-0.25, -0.2) is 4.79 Å². The molecule has 0 bridgehead atoms. The van der Waals surface area contributed by atoms with Crippen LogP contribution in [0.5, 0.6) is 5.75 Å². The third-order valence-corrected chi connectivity index (χ3v) is 5.25. The second-order valence-electron chi connectivity index (χ2n) is 8.16. The smallest absolute Gasteiger partial charge is 0.404 e. The van der Waals surface area contributed by atoms with Crippen LogP contribution in [0.2, 0.25) is 0 Å². The largest absolute Gasteiger partial charge is 0.487 e. The topological polar surface area (TPSA) is 58.6 Å². The predicted molar refractivity (Wildman–Crippen MR) is 120 cm³/mol. The van der Waals surface area contributed by atoms with Gasteiger partial charge >= 0.3 is 6.09 Å². The van der Waals surface area contributed by atoms with E-state index in [9.17, 15) is 9.90 Å². The van der Waals surface area contributed by atoms with Crippen LogP contribution in [-0.4, -0.2) is 23.3 Å². The minimum atomic E-state index is -1.07. The van der Waals surface area contributed by atoms with Crippen LogP contribution in [0.4, 0.5) is 4.79 Å². The van der Waals surface area contributed by atoms with E-state index >= 15 is 0 Å². The molecule has 154 valence electrons. The SMILES string of the molecule is C=C(C)c1ccc(OC(C(C)NC(=O)O)C(C)(C)c2ccc(C(=C)C)cc2)cc1. The molecule has 0 aliphatic heterocycles. The highest BCUT2D eigenvalue weighted by molar-refractivity contribution is 5.65. The summed E-state index contributed by atoms with van der Waals surface area (Å²) in [4.78, 5) is 11.3. The fraction of sp³-hybridized carbons (Fsp3) is 0.320. The van der Waals surface area contributed by atoms with Crippen molar-refractivity contribution in [3.05, 3.63) is 78.4 Å². The highest BCUT2D eigenvalue weighted by atomic mass is 16.5. The monoisotopic (exact) mass is 393 g/mol. The highest BCUT2D eigenvalue weighted by Gasteiger charge is 2.38. The average Bonchev–Trinajstić information content (AvgIpc) is 2.65. The van der Waals surface area contributed by atoms with Gasteiger partial charge in [-0.1, -0.05) is 74.5 Å². The molecular formula is C25H31NO3. The number of amides is 1. The normalized spacial score (nSPS) is 13.3. The first-order valence-corrected chi connectivity index (χ1v) is 9.71. The Morgan fingerprint density at radius 1 is 0.966 bits per heavy atom. The molecular weight excluding hydrogens is 362 g/mol. The summed E-state index contributed by atoms with van der Waals surface area (Å²) in [6, 6.07) is 15.5. The molecule has 0 fully saturated rings. The van der Waals surface area contributed by atoms with Crippen molar-refractivity contribution in [2.24, 2.45) is 0 Å². The zero-order chi connectivity index (χ0) is 21.8. The number of ether oxygens (including phenoxy) is 1. The van der Waals surface area contributed by atoms with Gasteiger partial charge in [-0.05, 0) is 49.6 Å². The third kappa shape index (κ3) is 5.50. The summed E-state index contributed by atoms with van der Waals surface area (Å²) >= 11 is 0. The van der Waals surface area contributed by atoms with Gasteiger partial charge in [0.2, 0.25) is 0 Å². The Morgan fingerprint density at radius 3 is 1.83 bits per heavy atom. The average molecular weight is 394 g/mol. The van der Waals surface area contributed by atoms with E-state index < -0.39 is 23.7 Å². The first kappa shape index (κ1) is 22.3. The Balaban J connectivity index is 2.38. The van der Waals surface area contributed by atoms with E-state index in [0.29, 0.717) is 5.75 Å². The van der Waals surface area contributed by atoms with Gasteiger partial charge in [0.05, 0.1) is 6.04 Å². The number of allylic oxidation sites excluding steroid dienone is 2. The summed E-state index contributed by atoms with van der Waals surface area (Å²) in [6.07, 6.45) is -1.50. The van der Waals surface area contributed by atoms with Gasteiger partial charge in [-0.3, -0.25) is 0 Å². The molecule has 0 saturated heterocycles. The minimum absolute atomic E-state index is 0.426. The van der Waals surface area contributed by atoms with E-state index in [1.54, 1.807) is 0 Å². The van der Waals surface area contributed by atoms with Gasteiger partial charge in [0.25, 0.3) is 0 Å². The maximum absolute atomic E-state index is 11.3. The molecule has 0 radical (unpaired) electrons. The van der Waals surface area contributed by atoms with Gasteiger partial charge < -0.3 is 15.2 Å². The molecule has 2 aromatic rings. The third-order valence-electron chi connectivity index (χ3n) is 5.25. The molecule has 0 heterocycles. The lowest BCUT2D eigenvalue weighted by Gasteiger charge is -2.38. The minimum Gasteiger partial charge on any atom is -0.487 e. The maximum Gasteiger partial charge on any atom is 0.404 e. The van der Waals surface area contributed by atoms with Gasteiger partial charge in [0.1, 0.15) is 11.9 Å². The van der Waals surface area contributed by atoms with Crippen molar-refractivity contribution < 1.29 is 14.6 Å². The summed E-state index contributed by atoms with van der Waals surface area (Å²) in [5, 5.41) is 11.8. The van der Waals surface area contributed by atoms with Crippen LogP contribution in [0.1, 0.15) is 51.3 Å². The van der Waals surface area contributed by atoms with E-state index in [1.807, 2.05) is 57.2 Å². The van der Waals surface area contributed by atoms with Gasteiger partial charge in [-0.2, -0.15) is 0 Å². The van der Waals surface area contributed by atoms with Crippen LogP contribution in [-0.2, 0) is 5.41 Å². The Labute approximate surface area is 173 Å². The van der Waals surface area contributed by atoms with Crippen molar-refractivity contribution in [2.45, 2.75) is 52.2 Å². The molecule has 2 N–H and O–H groups in total. The molecule has 0 spiro atoms. The molecule has 0 aromatic heterocycles. The Bertz CT molecular complexity index is 879. The molecule has 2 unspecified atom stereocenters. The summed E-state index contributed by atoms with van der Waals surface area (Å²) < 4.78 is 6.34. The lowest BCUT2D eigenvalue weighted by Crippen LogP contribution is -2.52. The predicted octanol–water partition coefficient (Wildman–Crippen LogP) is 6.13. The summed E-state index contributed by atoms with van der Waals surface area (Å²) in [6.45, 7) is 17.8.